The zero-order valence-corrected chi connectivity index (χ0v) is 14.1. The highest BCUT2D eigenvalue weighted by atomic mass is 16.5. The monoisotopic (exact) mass is 334 g/mol. The van der Waals surface area contributed by atoms with Gasteiger partial charge in [0.25, 0.3) is 5.91 Å². The molecular formula is C21H22N2O2. The fourth-order valence-corrected chi connectivity index (χ4v) is 2.65. The molecule has 0 aliphatic heterocycles. The van der Waals surface area contributed by atoms with Gasteiger partial charge in [0.15, 0.2) is 0 Å². The lowest BCUT2D eigenvalue weighted by molar-refractivity contribution is 0.0955. The Morgan fingerprint density at radius 3 is 2.64 bits per heavy atom. The van der Waals surface area contributed by atoms with Crippen molar-refractivity contribution in [2.75, 3.05) is 0 Å². The van der Waals surface area contributed by atoms with Gasteiger partial charge in [-0.1, -0.05) is 42.5 Å². The third kappa shape index (κ3) is 5.31. The average Bonchev–Trinajstić information content (AvgIpc) is 2.68. The normalized spacial score (nSPS) is 16.7. The molecule has 0 saturated carbocycles. The second-order valence-electron chi connectivity index (χ2n) is 6.06. The van der Waals surface area contributed by atoms with E-state index in [4.69, 9.17) is 4.74 Å². The summed E-state index contributed by atoms with van der Waals surface area (Å²) in [4.78, 5) is 12.1. The number of allylic oxidation sites excluding steroid dienone is 2. The molecule has 4 heteroatoms. The van der Waals surface area contributed by atoms with Crippen LogP contribution in [0.15, 0.2) is 71.9 Å². The number of hydrazone groups is 1. The van der Waals surface area contributed by atoms with Gasteiger partial charge in [0.1, 0.15) is 12.4 Å². The van der Waals surface area contributed by atoms with Crippen molar-refractivity contribution in [1.82, 2.24) is 5.43 Å². The molecule has 0 saturated heterocycles. The number of benzene rings is 2. The van der Waals surface area contributed by atoms with E-state index in [-0.39, 0.29) is 5.91 Å². The van der Waals surface area contributed by atoms with Crippen LogP contribution in [0.3, 0.4) is 0 Å². The van der Waals surface area contributed by atoms with Crippen molar-refractivity contribution < 1.29 is 9.53 Å². The molecule has 3 rings (SSSR count). The van der Waals surface area contributed by atoms with Gasteiger partial charge in [0.2, 0.25) is 0 Å². The van der Waals surface area contributed by atoms with E-state index in [9.17, 15) is 4.79 Å². The van der Waals surface area contributed by atoms with Gasteiger partial charge >= 0.3 is 0 Å². The average molecular weight is 334 g/mol. The molecule has 0 unspecified atom stereocenters. The first-order valence-electron chi connectivity index (χ1n) is 8.56. The van der Waals surface area contributed by atoms with Gasteiger partial charge in [-0.15, -0.1) is 0 Å². The van der Waals surface area contributed by atoms with Crippen LogP contribution in [0, 0.1) is 5.92 Å². The van der Waals surface area contributed by atoms with Gasteiger partial charge in [0.05, 0.1) is 0 Å². The van der Waals surface area contributed by atoms with Crippen LogP contribution in [0.2, 0.25) is 0 Å². The van der Waals surface area contributed by atoms with E-state index >= 15 is 0 Å². The van der Waals surface area contributed by atoms with Crippen molar-refractivity contribution in [3.8, 4) is 5.75 Å². The molecule has 2 aromatic carbocycles. The molecule has 1 amide bonds. The van der Waals surface area contributed by atoms with Crippen LogP contribution in [0.5, 0.6) is 5.75 Å². The maximum absolute atomic E-state index is 12.1. The molecule has 1 N–H and O–H groups in total. The summed E-state index contributed by atoms with van der Waals surface area (Å²) in [6, 6.07) is 17.0. The predicted molar refractivity (Wildman–Crippen MR) is 99.7 cm³/mol. The lowest BCUT2D eigenvalue weighted by Gasteiger charge is -2.11. The summed E-state index contributed by atoms with van der Waals surface area (Å²) in [7, 11) is 0. The summed E-state index contributed by atoms with van der Waals surface area (Å²) in [5.41, 5.74) is 4.20. The number of rotatable bonds is 6. The largest absolute Gasteiger partial charge is 0.489 e. The van der Waals surface area contributed by atoms with E-state index in [1.165, 1.54) is 0 Å². The Balaban J connectivity index is 1.48. The number of para-hydroxylation sites is 1. The number of carbonyl (C=O) groups is 1. The molecule has 0 radical (unpaired) electrons. The van der Waals surface area contributed by atoms with Gasteiger partial charge in [-0.25, -0.2) is 5.43 Å². The molecule has 1 atom stereocenters. The van der Waals surface area contributed by atoms with Gasteiger partial charge in [-0.2, -0.15) is 5.10 Å². The third-order valence-corrected chi connectivity index (χ3v) is 4.13. The molecule has 2 aromatic rings. The van der Waals surface area contributed by atoms with E-state index < -0.39 is 0 Å². The van der Waals surface area contributed by atoms with Crippen LogP contribution in [0.1, 0.15) is 35.2 Å². The van der Waals surface area contributed by atoms with E-state index in [1.54, 1.807) is 12.1 Å². The summed E-state index contributed by atoms with van der Waals surface area (Å²) in [5.74, 6) is 1.05. The summed E-state index contributed by atoms with van der Waals surface area (Å²) in [6.45, 7) is 0.471. The Morgan fingerprint density at radius 1 is 1.12 bits per heavy atom. The van der Waals surface area contributed by atoms with Crippen molar-refractivity contribution in [3.63, 3.8) is 0 Å². The zero-order valence-electron chi connectivity index (χ0n) is 14.1. The van der Waals surface area contributed by atoms with E-state index in [1.807, 2.05) is 48.7 Å². The summed E-state index contributed by atoms with van der Waals surface area (Å²) >= 11 is 0. The van der Waals surface area contributed by atoms with Gasteiger partial charge in [0, 0.05) is 11.8 Å². The van der Waals surface area contributed by atoms with Crippen LogP contribution in [0.25, 0.3) is 0 Å². The van der Waals surface area contributed by atoms with Crippen LogP contribution in [-0.4, -0.2) is 12.1 Å². The molecule has 1 aliphatic carbocycles. The van der Waals surface area contributed by atoms with Gasteiger partial charge < -0.3 is 4.74 Å². The van der Waals surface area contributed by atoms with Crippen molar-refractivity contribution in [3.05, 3.63) is 77.9 Å². The van der Waals surface area contributed by atoms with Crippen LogP contribution in [-0.2, 0) is 6.61 Å². The van der Waals surface area contributed by atoms with E-state index in [2.05, 4.69) is 22.7 Å². The lowest BCUT2D eigenvalue weighted by Crippen LogP contribution is -2.18. The molecule has 1 aliphatic rings. The Labute approximate surface area is 148 Å². The molecule has 4 nitrogen and oxygen atoms in total. The lowest BCUT2D eigenvalue weighted by atomic mass is 9.96. The molecule has 0 aromatic heterocycles. The maximum atomic E-state index is 12.1. The van der Waals surface area contributed by atoms with E-state index in [0.717, 1.165) is 30.6 Å². The molecule has 0 fully saturated rings. The molecule has 128 valence electrons. The molecule has 25 heavy (non-hydrogen) atoms. The number of hydrogen-bond donors (Lipinski definition) is 1. The minimum atomic E-state index is -0.196. The van der Waals surface area contributed by atoms with Crippen molar-refractivity contribution in [2.45, 2.75) is 25.9 Å². The summed E-state index contributed by atoms with van der Waals surface area (Å²) in [6.07, 6.45) is 9.35. The van der Waals surface area contributed by atoms with Crippen molar-refractivity contribution in [2.24, 2.45) is 11.0 Å². The standard InChI is InChI=1S/C21H22N2O2/c24-21(23-22-15-17-7-3-1-4-8-17)19-13-11-18(12-14-19)16-25-20-9-5-2-6-10-20/h1-3,5-6,9-15,17H,4,7-8,16H2,(H,23,24)/b22-15-/t17-/m0/s1. The molecule has 0 heterocycles. The zero-order chi connectivity index (χ0) is 17.3. The van der Waals surface area contributed by atoms with Gasteiger partial charge in [-0.05, 0) is 55.0 Å². The topological polar surface area (TPSA) is 50.7 Å². The second-order valence-corrected chi connectivity index (χ2v) is 6.06. The summed E-state index contributed by atoms with van der Waals surface area (Å²) in [5, 5.41) is 4.09. The molecular weight excluding hydrogens is 312 g/mol. The van der Waals surface area contributed by atoms with Crippen molar-refractivity contribution in [1.29, 1.82) is 0 Å². The van der Waals surface area contributed by atoms with E-state index in [0.29, 0.717) is 18.1 Å². The highest BCUT2D eigenvalue weighted by Crippen LogP contribution is 2.15. The minimum absolute atomic E-state index is 0.196. The SMILES string of the molecule is O=C(N/N=C\[C@H]1CC=CCC1)c1ccc(COc2ccccc2)cc1. The predicted octanol–water partition coefficient (Wildman–Crippen LogP) is 4.34. The van der Waals surface area contributed by atoms with Crippen LogP contribution >= 0.6 is 0 Å². The van der Waals surface area contributed by atoms with Crippen LogP contribution in [0.4, 0.5) is 0 Å². The Kier molecular flexibility index (Phi) is 5.99. The number of hydrogen-bond acceptors (Lipinski definition) is 3. The number of amides is 1. The van der Waals surface area contributed by atoms with Crippen molar-refractivity contribution >= 4 is 12.1 Å². The fraction of sp³-hybridized carbons (Fsp3) is 0.238. The number of ether oxygens (including phenoxy) is 1. The summed E-state index contributed by atoms with van der Waals surface area (Å²) < 4.78 is 5.69. The Morgan fingerprint density at radius 2 is 1.92 bits per heavy atom. The quantitative estimate of drug-likeness (QED) is 0.485. The molecule has 0 bridgehead atoms. The fourth-order valence-electron chi connectivity index (χ4n) is 2.65. The smallest absolute Gasteiger partial charge is 0.271 e. The first-order valence-corrected chi connectivity index (χ1v) is 8.56. The number of nitrogens with one attached hydrogen (secondary N) is 1. The first-order chi connectivity index (χ1) is 12.3. The molecule has 0 spiro atoms. The van der Waals surface area contributed by atoms with Crippen LogP contribution < -0.4 is 10.2 Å². The number of carbonyl (C=O) groups excluding carboxylic acids is 1. The third-order valence-electron chi connectivity index (χ3n) is 4.13. The highest BCUT2D eigenvalue weighted by molar-refractivity contribution is 5.94. The first kappa shape index (κ1) is 17.0. The minimum Gasteiger partial charge on any atom is -0.489 e. The maximum Gasteiger partial charge on any atom is 0.271 e. The second kappa shape index (κ2) is 8.83. The van der Waals surface area contributed by atoms with Gasteiger partial charge in [-0.3, -0.25) is 4.79 Å². The highest BCUT2D eigenvalue weighted by Gasteiger charge is 2.08. The Hall–Kier alpha value is -2.88. The Bertz CT molecular complexity index is 736. The number of nitrogens with zero attached hydrogens (tertiary/aromatic N) is 1.